The number of hydrogen-bond acceptors (Lipinski definition) is 2. The van der Waals surface area contributed by atoms with Crippen molar-refractivity contribution in [3.8, 4) is 0 Å². The molecular weight excluding hydrogens is 220 g/mol. The van der Waals surface area contributed by atoms with Gasteiger partial charge in [-0.05, 0) is 31.2 Å². The molecule has 0 bridgehead atoms. The van der Waals surface area contributed by atoms with Crippen molar-refractivity contribution >= 4 is 0 Å². The van der Waals surface area contributed by atoms with Crippen molar-refractivity contribution in [1.82, 2.24) is 5.32 Å². The summed E-state index contributed by atoms with van der Waals surface area (Å²) < 4.78 is 0. The molecule has 1 aromatic carbocycles. The Bertz CT molecular complexity index is 317. The van der Waals surface area contributed by atoms with Gasteiger partial charge in [0.1, 0.15) is 0 Å². The highest BCUT2D eigenvalue weighted by Crippen LogP contribution is 2.18. The molecule has 0 radical (unpaired) electrons. The Hall–Kier alpha value is -0.860. The van der Waals surface area contributed by atoms with Gasteiger partial charge in [0.2, 0.25) is 0 Å². The van der Waals surface area contributed by atoms with Gasteiger partial charge in [0.25, 0.3) is 0 Å². The first kappa shape index (κ1) is 13.6. The summed E-state index contributed by atoms with van der Waals surface area (Å²) in [4.78, 5) is 0. The zero-order valence-corrected chi connectivity index (χ0v) is 11.3. The molecule has 0 saturated heterocycles. The van der Waals surface area contributed by atoms with Gasteiger partial charge in [-0.2, -0.15) is 0 Å². The highest BCUT2D eigenvalue weighted by atomic mass is 15.0. The van der Waals surface area contributed by atoms with E-state index in [1.165, 1.54) is 37.7 Å². The van der Waals surface area contributed by atoms with Crippen LogP contribution in [-0.2, 0) is 6.42 Å². The van der Waals surface area contributed by atoms with Gasteiger partial charge in [-0.1, -0.05) is 49.6 Å². The van der Waals surface area contributed by atoms with Crippen LogP contribution < -0.4 is 11.1 Å². The van der Waals surface area contributed by atoms with Crippen molar-refractivity contribution < 1.29 is 0 Å². The number of rotatable bonds is 6. The summed E-state index contributed by atoms with van der Waals surface area (Å²) in [6, 6.07) is 11.9. The van der Waals surface area contributed by atoms with E-state index >= 15 is 0 Å². The van der Waals surface area contributed by atoms with Gasteiger partial charge in [0.15, 0.2) is 0 Å². The first-order valence-electron chi connectivity index (χ1n) is 7.38. The van der Waals surface area contributed by atoms with Crippen molar-refractivity contribution in [3.05, 3.63) is 35.9 Å². The van der Waals surface area contributed by atoms with Crippen LogP contribution in [0.3, 0.4) is 0 Å². The minimum Gasteiger partial charge on any atom is -0.329 e. The average Bonchev–Trinajstić information content (AvgIpc) is 2.45. The lowest BCUT2D eigenvalue weighted by Crippen LogP contribution is -2.43. The maximum Gasteiger partial charge on any atom is 0.0196 e. The normalized spacial score (nSPS) is 18.7. The molecule has 1 saturated carbocycles. The molecule has 3 N–H and O–H groups in total. The average molecular weight is 246 g/mol. The van der Waals surface area contributed by atoms with Gasteiger partial charge in [0.05, 0.1) is 0 Å². The highest BCUT2D eigenvalue weighted by molar-refractivity contribution is 5.14. The number of aryl methyl sites for hydroxylation is 1. The van der Waals surface area contributed by atoms with Gasteiger partial charge >= 0.3 is 0 Å². The molecule has 2 rings (SSSR count). The van der Waals surface area contributed by atoms with Crippen LogP contribution >= 0.6 is 0 Å². The molecule has 18 heavy (non-hydrogen) atoms. The van der Waals surface area contributed by atoms with Gasteiger partial charge in [-0.25, -0.2) is 0 Å². The van der Waals surface area contributed by atoms with Crippen LogP contribution in [0.4, 0.5) is 0 Å². The summed E-state index contributed by atoms with van der Waals surface area (Å²) in [5.41, 5.74) is 7.31. The SMILES string of the molecule is NCC(CCc1ccccc1)NC1CCCCC1. The van der Waals surface area contributed by atoms with Crippen molar-refractivity contribution in [1.29, 1.82) is 0 Å². The Kier molecular flexibility index (Phi) is 5.69. The standard InChI is InChI=1S/C16H26N2/c17-13-16(18-15-9-5-2-6-10-15)12-11-14-7-3-1-4-8-14/h1,3-4,7-8,15-16,18H,2,5-6,9-13,17H2. The third-order valence-corrected chi connectivity index (χ3v) is 3.99. The van der Waals surface area contributed by atoms with E-state index in [2.05, 4.69) is 35.6 Å². The molecule has 1 aromatic rings. The van der Waals surface area contributed by atoms with Crippen LogP contribution in [0.2, 0.25) is 0 Å². The monoisotopic (exact) mass is 246 g/mol. The van der Waals surface area contributed by atoms with E-state index in [9.17, 15) is 0 Å². The fourth-order valence-corrected chi connectivity index (χ4v) is 2.86. The van der Waals surface area contributed by atoms with E-state index in [1.54, 1.807) is 0 Å². The fraction of sp³-hybridized carbons (Fsp3) is 0.625. The predicted octanol–water partition coefficient (Wildman–Crippen LogP) is 2.87. The molecule has 0 spiro atoms. The maximum absolute atomic E-state index is 5.89. The molecule has 0 aromatic heterocycles. The van der Waals surface area contributed by atoms with Crippen LogP contribution in [-0.4, -0.2) is 18.6 Å². The zero-order chi connectivity index (χ0) is 12.6. The van der Waals surface area contributed by atoms with Gasteiger partial charge < -0.3 is 11.1 Å². The van der Waals surface area contributed by atoms with E-state index in [0.717, 1.165) is 19.4 Å². The van der Waals surface area contributed by atoms with Crippen LogP contribution in [0.5, 0.6) is 0 Å². The Balaban J connectivity index is 1.74. The quantitative estimate of drug-likeness (QED) is 0.810. The number of nitrogens with one attached hydrogen (secondary N) is 1. The Labute approximate surface area is 111 Å². The van der Waals surface area contributed by atoms with Crippen LogP contribution in [0.1, 0.15) is 44.1 Å². The van der Waals surface area contributed by atoms with Gasteiger partial charge in [0, 0.05) is 18.6 Å². The lowest BCUT2D eigenvalue weighted by atomic mass is 9.94. The van der Waals surface area contributed by atoms with E-state index < -0.39 is 0 Å². The second-order valence-electron chi connectivity index (χ2n) is 5.46. The van der Waals surface area contributed by atoms with Crippen molar-refractivity contribution in [3.63, 3.8) is 0 Å². The van der Waals surface area contributed by atoms with E-state index in [-0.39, 0.29) is 0 Å². The molecule has 1 atom stereocenters. The summed E-state index contributed by atoms with van der Waals surface area (Å²) in [7, 11) is 0. The summed E-state index contributed by atoms with van der Waals surface area (Å²) in [6.07, 6.45) is 9.12. The summed E-state index contributed by atoms with van der Waals surface area (Å²) in [5, 5.41) is 3.75. The van der Waals surface area contributed by atoms with Crippen LogP contribution in [0.15, 0.2) is 30.3 Å². The van der Waals surface area contributed by atoms with Gasteiger partial charge in [-0.15, -0.1) is 0 Å². The molecule has 0 amide bonds. The van der Waals surface area contributed by atoms with E-state index in [4.69, 9.17) is 5.73 Å². The Morgan fingerprint density at radius 3 is 2.50 bits per heavy atom. The molecule has 0 heterocycles. The minimum atomic E-state index is 0.480. The Morgan fingerprint density at radius 1 is 1.11 bits per heavy atom. The molecule has 100 valence electrons. The number of nitrogens with two attached hydrogens (primary N) is 1. The second kappa shape index (κ2) is 7.55. The lowest BCUT2D eigenvalue weighted by molar-refractivity contribution is 0.329. The number of benzene rings is 1. The lowest BCUT2D eigenvalue weighted by Gasteiger charge is -2.28. The maximum atomic E-state index is 5.89. The first-order chi connectivity index (χ1) is 8.88. The van der Waals surface area contributed by atoms with Crippen molar-refractivity contribution in [2.24, 2.45) is 5.73 Å². The topological polar surface area (TPSA) is 38.0 Å². The molecule has 0 aliphatic heterocycles. The van der Waals surface area contributed by atoms with E-state index in [0.29, 0.717) is 12.1 Å². The summed E-state index contributed by atoms with van der Waals surface area (Å²) >= 11 is 0. The minimum absolute atomic E-state index is 0.480. The van der Waals surface area contributed by atoms with E-state index in [1.807, 2.05) is 0 Å². The molecule has 2 heteroatoms. The second-order valence-corrected chi connectivity index (χ2v) is 5.46. The summed E-state index contributed by atoms with van der Waals surface area (Å²) in [5.74, 6) is 0. The zero-order valence-electron chi connectivity index (χ0n) is 11.3. The van der Waals surface area contributed by atoms with Crippen molar-refractivity contribution in [2.75, 3.05) is 6.54 Å². The van der Waals surface area contributed by atoms with Gasteiger partial charge in [-0.3, -0.25) is 0 Å². The van der Waals surface area contributed by atoms with Crippen LogP contribution in [0, 0.1) is 0 Å². The molecular formula is C16H26N2. The Morgan fingerprint density at radius 2 is 1.83 bits per heavy atom. The third-order valence-electron chi connectivity index (χ3n) is 3.99. The first-order valence-corrected chi connectivity index (χ1v) is 7.38. The molecule has 1 aliphatic rings. The number of hydrogen-bond donors (Lipinski definition) is 2. The summed E-state index contributed by atoms with van der Waals surface area (Å²) in [6.45, 7) is 0.753. The predicted molar refractivity (Wildman–Crippen MR) is 77.6 cm³/mol. The highest BCUT2D eigenvalue weighted by Gasteiger charge is 2.16. The third kappa shape index (κ3) is 4.43. The molecule has 2 nitrogen and oxygen atoms in total. The largest absolute Gasteiger partial charge is 0.329 e. The van der Waals surface area contributed by atoms with Crippen LogP contribution in [0.25, 0.3) is 0 Å². The molecule has 1 unspecified atom stereocenters. The molecule has 1 aliphatic carbocycles. The smallest absolute Gasteiger partial charge is 0.0196 e. The van der Waals surface area contributed by atoms with Crippen molar-refractivity contribution in [2.45, 2.75) is 57.0 Å². The molecule has 1 fully saturated rings. The fourth-order valence-electron chi connectivity index (χ4n) is 2.86.